The molecule has 1 rings (SSSR count). The predicted molar refractivity (Wildman–Crippen MR) is 43.0 cm³/mol. The number of nitrogens with two attached hydrogens (primary N) is 1. The number of hydrogen-bond donors (Lipinski definition) is 2. The van der Waals surface area contributed by atoms with Crippen LogP contribution >= 0.6 is 0 Å². The SMILES string of the molecule is NCNC(=O)c1ccccc1. The normalized spacial score (nSPS) is 9.18. The Morgan fingerprint density at radius 1 is 1.36 bits per heavy atom. The number of hydrogen-bond acceptors (Lipinski definition) is 2. The van der Waals surface area contributed by atoms with E-state index in [1.54, 1.807) is 12.1 Å². The number of amides is 1. The minimum atomic E-state index is -0.131. The second-order valence-electron chi connectivity index (χ2n) is 2.08. The van der Waals surface area contributed by atoms with E-state index in [0.29, 0.717) is 5.56 Å². The van der Waals surface area contributed by atoms with Crippen molar-refractivity contribution in [1.29, 1.82) is 0 Å². The zero-order chi connectivity index (χ0) is 8.10. The summed E-state index contributed by atoms with van der Waals surface area (Å²) in [5, 5.41) is 2.50. The Kier molecular flexibility index (Phi) is 2.63. The predicted octanol–water partition coefficient (Wildman–Crippen LogP) is 0.333. The first kappa shape index (κ1) is 7.75. The highest BCUT2D eigenvalue weighted by Crippen LogP contribution is 1.96. The van der Waals surface area contributed by atoms with Gasteiger partial charge in [-0.3, -0.25) is 4.79 Å². The molecule has 0 heterocycles. The lowest BCUT2D eigenvalue weighted by molar-refractivity contribution is 0.0955. The van der Waals surface area contributed by atoms with Crippen molar-refractivity contribution in [2.75, 3.05) is 6.67 Å². The molecule has 0 bridgehead atoms. The summed E-state index contributed by atoms with van der Waals surface area (Å²) in [6, 6.07) is 8.96. The van der Waals surface area contributed by atoms with Gasteiger partial charge in [0.15, 0.2) is 0 Å². The van der Waals surface area contributed by atoms with Crippen molar-refractivity contribution < 1.29 is 4.79 Å². The molecule has 0 spiro atoms. The van der Waals surface area contributed by atoms with E-state index >= 15 is 0 Å². The fourth-order valence-corrected chi connectivity index (χ4v) is 0.784. The van der Waals surface area contributed by atoms with Crippen molar-refractivity contribution in [1.82, 2.24) is 5.32 Å². The molecule has 0 saturated heterocycles. The van der Waals surface area contributed by atoms with Gasteiger partial charge in [0.1, 0.15) is 0 Å². The monoisotopic (exact) mass is 150 g/mol. The van der Waals surface area contributed by atoms with Gasteiger partial charge < -0.3 is 11.1 Å². The lowest BCUT2D eigenvalue weighted by Crippen LogP contribution is -2.29. The topological polar surface area (TPSA) is 55.1 Å². The average molecular weight is 150 g/mol. The quantitative estimate of drug-likeness (QED) is 0.597. The molecule has 58 valence electrons. The van der Waals surface area contributed by atoms with Crippen LogP contribution in [0, 0.1) is 0 Å². The van der Waals surface area contributed by atoms with Crippen LogP contribution < -0.4 is 11.1 Å². The van der Waals surface area contributed by atoms with Gasteiger partial charge in [0.2, 0.25) is 0 Å². The van der Waals surface area contributed by atoms with E-state index in [1.165, 1.54) is 0 Å². The molecule has 0 aliphatic rings. The number of carbonyl (C=O) groups excluding carboxylic acids is 1. The highest BCUT2D eigenvalue weighted by atomic mass is 16.1. The summed E-state index contributed by atoms with van der Waals surface area (Å²) in [6.07, 6.45) is 0. The Bertz CT molecular complexity index is 233. The fraction of sp³-hybridized carbons (Fsp3) is 0.125. The molecule has 0 fully saturated rings. The van der Waals surface area contributed by atoms with Crippen LogP contribution in [-0.2, 0) is 0 Å². The van der Waals surface area contributed by atoms with Crippen molar-refractivity contribution in [2.24, 2.45) is 5.73 Å². The van der Waals surface area contributed by atoms with Crippen LogP contribution in [0.1, 0.15) is 10.4 Å². The first-order valence-corrected chi connectivity index (χ1v) is 3.38. The van der Waals surface area contributed by atoms with Crippen LogP contribution in [-0.4, -0.2) is 12.6 Å². The summed E-state index contributed by atoms with van der Waals surface area (Å²) in [7, 11) is 0. The van der Waals surface area contributed by atoms with E-state index < -0.39 is 0 Å². The largest absolute Gasteiger partial charge is 0.340 e. The van der Waals surface area contributed by atoms with Gasteiger partial charge >= 0.3 is 0 Å². The zero-order valence-electron chi connectivity index (χ0n) is 6.08. The van der Waals surface area contributed by atoms with E-state index in [-0.39, 0.29) is 12.6 Å². The molecule has 3 N–H and O–H groups in total. The van der Waals surface area contributed by atoms with Crippen molar-refractivity contribution in [2.45, 2.75) is 0 Å². The number of rotatable bonds is 2. The molecule has 0 aliphatic carbocycles. The Hall–Kier alpha value is -1.35. The smallest absolute Gasteiger partial charge is 0.252 e. The molecule has 0 aliphatic heterocycles. The van der Waals surface area contributed by atoms with Gasteiger partial charge in [-0.2, -0.15) is 0 Å². The van der Waals surface area contributed by atoms with E-state index in [4.69, 9.17) is 5.73 Å². The third-order valence-corrected chi connectivity index (χ3v) is 1.30. The number of carbonyl (C=O) groups is 1. The van der Waals surface area contributed by atoms with Gasteiger partial charge in [0.05, 0.1) is 6.67 Å². The third-order valence-electron chi connectivity index (χ3n) is 1.30. The van der Waals surface area contributed by atoms with Crippen LogP contribution in [0.4, 0.5) is 0 Å². The Morgan fingerprint density at radius 2 is 2.00 bits per heavy atom. The zero-order valence-corrected chi connectivity index (χ0v) is 6.08. The minimum absolute atomic E-state index is 0.131. The van der Waals surface area contributed by atoms with E-state index in [1.807, 2.05) is 18.2 Å². The number of nitrogens with one attached hydrogen (secondary N) is 1. The fourth-order valence-electron chi connectivity index (χ4n) is 0.784. The molecule has 3 heteroatoms. The maximum atomic E-state index is 11.1. The Balaban J connectivity index is 2.69. The number of benzene rings is 1. The molecule has 1 aromatic rings. The van der Waals surface area contributed by atoms with E-state index in [0.717, 1.165) is 0 Å². The molecule has 11 heavy (non-hydrogen) atoms. The lowest BCUT2D eigenvalue weighted by Gasteiger charge is -1.99. The third kappa shape index (κ3) is 2.05. The van der Waals surface area contributed by atoms with E-state index in [2.05, 4.69) is 5.32 Å². The van der Waals surface area contributed by atoms with Crippen LogP contribution in [0.25, 0.3) is 0 Å². The molecule has 1 aromatic carbocycles. The van der Waals surface area contributed by atoms with Crippen LogP contribution in [0.3, 0.4) is 0 Å². The summed E-state index contributed by atoms with van der Waals surface area (Å²) in [5.74, 6) is -0.131. The van der Waals surface area contributed by atoms with Gasteiger partial charge in [-0.15, -0.1) is 0 Å². The summed E-state index contributed by atoms with van der Waals surface area (Å²) in [5.41, 5.74) is 5.77. The van der Waals surface area contributed by atoms with Gasteiger partial charge in [0, 0.05) is 5.56 Å². The second kappa shape index (κ2) is 3.73. The first-order valence-electron chi connectivity index (χ1n) is 3.38. The van der Waals surface area contributed by atoms with Crippen LogP contribution in [0.2, 0.25) is 0 Å². The molecule has 0 atom stereocenters. The lowest BCUT2D eigenvalue weighted by atomic mass is 10.2. The highest BCUT2D eigenvalue weighted by Gasteiger charge is 1.99. The minimum Gasteiger partial charge on any atom is -0.340 e. The second-order valence-corrected chi connectivity index (χ2v) is 2.08. The molecule has 1 amide bonds. The van der Waals surface area contributed by atoms with Gasteiger partial charge in [-0.05, 0) is 12.1 Å². The van der Waals surface area contributed by atoms with Crippen molar-refractivity contribution >= 4 is 5.91 Å². The summed E-state index contributed by atoms with van der Waals surface area (Å²) in [4.78, 5) is 11.1. The van der Waals surface area contributed by atoms with Gasteiger partial charge in [-0.1, -0.05) is 18.2 Å². The van der Waals surface area contributed by atoms with Gasteiger partial charge in [-0.25, -0.2) is 0 Å². The highest BCUT2D eigenvalue weighted by molar-refractivity contribution is 5.93. The molecular weight excluding hydrogens is 140 g/mol. The van der Waals surface area contributed by atoms with Crippen molar-refractivity contribution in [3.05, 3.63) is 35.9 Å². The standard InChI is InChI=1S/C8H10N2O/c9-6-10-8(11)7-4-2-1-3-5-7/h1-5H,6,9H2,(H,10,11). The maximum Gasteiger partial charge on any atom is 0.252 e. The summed E-state index contributed by atoms with van der Waals surface area (Å²) >= 11 is 0. The Labute approximate surface area is 65.2 Å². The van der Waals surface area contributed by atoms with E-state index in [9.17, 15) is 4.79 Å². The first-order chi connectivity index (χ1) is 5.34. The molecule has 0 saturated carbocycles. The van der Waals surface area contributed by atoms with Crippen LogP contribution in [0.5, 0.6) is 0 Å². The molecular formula is C8H10N2O. The maximum absolute atomic E-state index is 11.1. The van der Waals surface area contributed by atoms with Crippen LogP contribution in [0.15, 0.2) is 30.3 Å². The molecule has 0 unspecified atom stereocenters. The van der Waals surface area contributed by atoms with Gasteiger partial charge in [0.25, 0.3) is 5.91 Å². The summed E-state index contributed by atoms with van der Waals surface area (Å²) < 4.78 is 0. The summed E-state index contributed by atoms with van der Waals surface area (Å²) in [6.45, 7) is 0.174. The van der Waals surface area contributed by atoms with Crippen molar-refractivity contribution in [3.63, 3.8) is 0 Å². The Morgan fingerprint density at radius 3 is 2.55 bits per heavy atom. The average Bonchev–Trinajstić information content (AvgIpc) is 2.07. The molecule has 0 aromatic heterocycles. The molecule has 0 radical (unpaired) electrons. The molecule has 3 nitrogen and oxygen atoms in total. The van der Waals surface area contributed by atoms with Crippen molar-refractivity contribution in [3.8, 4) is 0 Å².